The Balaban J connectivity index is 2.96. The Bertz CT molecular complexity index is 407. The molecule has 0 aliphatic heterocycles. The Hall–Kier alpha value is -1.36. The number of thiol groups is 1. The monoisotopic (exact) mass is 255 g/mol. The number of carbonyl (C=O) groups excluding carboxylic acids is 1. The van der Waals surface area contributed by atoms with Gasteiger partial charge in [0.25, 0.3) is 0 Å². The van der Waals surface area contributed by atoms with Gasteiger partial charge < -0.3 is 14.8 Å². The van der Waals surface area contributed by atoms with Crippen molar-refractivity contribution in [2.24, 2.45) is 0 Å². The Labute approximate surface area is 107 Å². The molecule has 0 fully saturated rings. The minimum absolute atomic E-state index is 0.0599. The highest BCUT2D eigenvalue weighted by Crippen LogP contribution is 2.32. The van der Waals surface area contributed by atoms with E-state index in [2.05, 4.69) is 17.9 Å². The second kappa shape index (κ2) is 6.39. The fourth-order valence-electron chi connectivity index (χ4n) is 1.43. The fourth-order valence-corrected chi connectivity index (χ4v) is 1.63. The number of hydrogen-bond acceptors (Lipinski definition) is 4. The lowest BCUT2D eigenvalue weighted by Crippen LogP contribution is -2.12. The van der Waals surface area contributed by atoms with Gasteiger partial charge in [-0.25, -0.2) is 0 Å². The van der Waals surface area contributed by atoms with Gasteiger partial charge in [0.05, 0.1) is 14.2 Å². The summed E-state index contributed by atoms with van der Waals surface area (Å²) in [5.41, 5.74) is 1.66. The van der Waals surface area contributed by atoms with Crippen LogP contribution in [0.2, 0.25) is 0 Å². The predicted octanol–water partition coefficient (Wildman–Crippen LogP) is 2.27. The van der Waals surface area contributed by atoms with Crippen LogP contribution in [-0.2, 0) is 4.79 Å². The van der Waals surface area contributed by atoms with E-state index in [-0.39, 0.29) is 5.91 Å². The van der Waals surface area contributed by atoms with Crippen LogP contribution >= 0.6 is 12.6 Å². The quantitative estimate of drug-likeness (QED) is 0.793. The molecule has 1 aromatic carbocycles. The van der Waals surface area contributed by atoms with Gasteiger partial charge in [-0.2, -0.15) is 12.6 Å². The van der Waals surface area contributed by atoms with E-state index in [9.17, 15) is 4.79 Å². The standard InChI is InChI=1S/C12H17NO3S/c1-8-6-10(15-2)11(16-3)7-9(8)13-12(14)4-5-17/h6-7,17H,4-5H2,1-3H3,(H,13,14). The average Bonchev–Trinajstić information content (AvgIpc) is 2.31. The number of carbonyl (C=O) groups is 1. The van der Waals surface area contributed by atoms with Crippen LogP contribution in [0.5, 0.6) is 11.5 Å². The molecule has 0 spiro atoms. The molecule has 0 bridgehead atoms. The van der Waals surface area contributed by atoms with Gasteiger partial charge in [0.1, 0.15) is 0 Å². The SMILES string of the molecule is COc1cc(C)c(NC(=O)CCS)cc1OC. The van der Waals surface area contributed by atoms with E-state index >= 15 is 0 Å². The van der Waals surface area contributed by atoms with Crippen molar-refractivity contribution in [2.45, 2.75) is 13.3 Å². The second-order valence-electron chi connectivity index (χ2n) is 3.54. The summed E-state index contributed by atoms with van der Waals surface area (Å²) < 4.78 is 10.4. The first-order valence-corrected chi connectivity index (χ1v) is 5.89. The van der Waals surface area contributed by atoms with Crippen LogP contribution in [0, 0.1) is 6.92 Å². The number of aryl methyl sites for hydroxylation is 1. The third kappa shape index (κ3) is 3.56. The highest BCUT2D eigenvalue weighted by molar-refractivity contribution is 7.80. The number of rotatable bonds is 5. The molecule has 1 N–H and O–H groups in total. The lowest BCUT2D eigenvalue weighted by molar-refractivity contribution is -0.115. The summed E-state index contributed by atoms with van der Waals surface area (Å²) in [6.45, 7) is 1.90. The summed E-state index contributed by atoms with van der Waals surface area (Å²) in [6.07, 6.45) is 0.386. The highest BCUT2D eigenvalue weighted by Gasteiger charge is 2.10. The van der Waals surface area contributed by atoms with Crippen molar-refractivity contribution >= 4 is 24.2 Å². The zero-order valence-corrected chi connectivity index (χ0v) is 11.1. The summed E-state index contributed by atoms with van der Waals surface area (Å²) in [5.74, 6) is 1.71. The minimum atomic E-state index is -0.0599. The number of methoxy groups -OCH3 is 2. The highest BCUT2D eigenvalue weighted by atomic mass is 32.1. The maximum Gasteiger partial charge on any atom is 0.225 e. The molecular formula is C12H17NO3S. The molecule has 17 heavy (non-hydrogen) atoms. The molecule has 0 aromatic heterocycles. The molecule has 0 saturated heterocycles. The van der Waals surface area contributed by atoms with Gasteiger partial charge >= 0.3 is 0 Å². The third-order valence-corrected chi connectivity index (χ3v) is 2.57. The zero-order chi connectivity index (χ0) is 12.8. The third-order valence-electron chi connectivity index (χ3n) is 2.34. The van der Waals surface area contributed by atoms with Gasteiger partial charge in [-0.15, -0.1) is 0 Å². The van der Waals surface area contributed by atoms with Crippen LogP contribution in [0.25, 0.3) is 0 Å². The van der Waals surface area contributed by atoms with Crippen molar-refractivity contribution in [1.82, 2.24) is 0 Å². The van der Waals surface area contributed by atoms with Gasteiger partial charge in [-0.05, 0) is 24.3 Å². The molecule has 5 heteroatoms. The van der Waals surface area contributed by atoms with Gasteiger partial charge in [0.15, 0.2) is 11.5 Å². The van der Waals surface area contributed by atoms with Crippen LogP contribution in [0.3, 0.4) is 0 Å². The van der Waals surface area contributed by atoms with Gasteiger partial charge in [0, 0.05) is 18.2 Å². The predicted molar refractivity (Wildman–Crippen MR) is 71.4 cm³/mol. The normalized spacial score (nSPS) is 9.88. The van der Waals surface area contributed by atoms with Crippen LogP contribution in [0.1, 0.15) is 12.0 Å². The van der Waals surface area contributed by atoms with Crippen LogP contribution in [-0.4, -0.2) is 25.9 Å². The van der Waals surface area contributed by atoms with E-state index in [0.717, 1.165) is 11.3 Å². The smallest absolute Gasteiger partial charge is 0.225 e. The lowest BCUT2D eigenvalue weighted by Gasteiger charge is -2.13. The molecule has 0 aliphatic carbocycles. The number of anilines is 1. The minimum Gasteiger partial charge on any atom is -0.493 e. The van der Waals surface area contributed by atoms with Crippen LogP contribution < -0.4 is 14.8 Å². The van der Waals surface area contributed by atoms with E-state index in [1.807, 2.05) is 13.0 Å². The molecular weight excluding hydrogens is 238 g/mol. The molecule has 94 valence electrons. The Morgan fingerprint density at radius 2 is 1.88 bits per heavy atom. The Morgan fingerprint density at radius 1 is 1.29 bits per heavy atom. The topological polar surface area (TPSA) is 47.6 Å². The zero-order valence-electron chi connectivity index (χ0n) is 10.2. The summed E-state index contributed by atoms with van der Waals surface area (Å²) >= 11 is 4.02. The number of amides is 1. The molecule has 1 aromatic rings. The molecule has 0 unspecified atom stereocenters. The van der Waals surface area contributed by atoms with E-state index < -0.39 is 0 Å². The van der Waals surface area contributed by atoms with E-state index in [4.69, 9.17) is 9.47 Å². The number of hydrogen-bond donors (Lipinski definition) is 2. The summed E-state index contributed by atoms with van der Waals surface area (Å²) in [6, 6.07) is 3.58. The summed E-state index contributed by atoms with van der Waals surface area (Å²) in [4.78, 5) is 11.5. The largest absolute Gasteiger partial charge is 0.493 e. The summed E-state index contributed by atoms with van der Waals surface area (Å²) in [7, 11) is 3.14. The van der Waals surface area contributed by atoms with Gasteiger partial charge in [-0.1, -0.05) is 0 Å². The average molecular weight is 255 g/mol. The first-order chi connectivity index (χ1) is 8.12. The maximum atomic E-state index is 11.5. The molecule has 0 saturated carbocycles. The Morgan fingerprint density at radius 3 is 2.41 bits per heavy atom. The molecule has 0 radical (unpaired) electrons. The maximum absolute atomic E-state index is 11.5. The number of nitrogens with one attached hydrogen (secondary N) is 1. The lowest BCUT2D eigenvalue weighted by atomic mass is 10.1. The first-order valence-electron chi connectivity index (χ1n) is 5.25. The second-order valence-corrected chi connectivity index (χ2v) is 3.99. The fraction of sp³-hybridized carbons (Fsp3) is 0.417. The Kier molecular flexibility index (Phi) is 5.15. The number of ether oxygens (including phenoxy) is 2. The number of benzene rings is 1. The molecule has 0 aliphatic rings. The molecule has 4 nitrogen and oxygen atoms in total. The van der Waals surface area contributed by atoms with Crippen molar-refractivity contribution in [1.29, 1.82) is 0 Å². The van der Waals surface area contributed by atoms with Gasteiger partial charge in [-0.3, -0.25) is 4.79 Å². The van der Waals surface area contributed by atoms with Crippen molar-refractivity contribution < 1.29 is 14.3 Å². The summed E-state index contributed by atoms with van der Waals surface area (Å²) in [5, 5.41) is 2.81. The molecule has 0 atom stereocenters. The molecule has 1 rings (SSSR count). The molecule has 0 heterocycles. The molecule has 1 amide bonds. The van der Waals surface area contributed by atoms with Crippen LogP contribution in [0.15, 0.2) is 12.1 Å². The van der Waals surface area contributed by atoms with Crippen molar-refractivity contribution in [3.8, 4) is 11.5 Å². The van der Waals surface area contributed by atoms with E-state index in [0.29, 0.717) is 23.7 Å². The van der Waals surface area contributed by atoms with Gasteiger partial charge in [0.2, 0.25) is 5.91 Å². The van der Waals surface area contributed by atoms with E-state index in [1.165, 1.54) is 0 Å². The van der Waals surface area contributed by atoms with Crippen molar-refractivity contribution in [3.63, 3.8) is 0 Å². The first kappa shape index (κ1) is 13.7. The van der Waals surface area contributed by atoms with Crippen LogP contribution in [0.4, 0.5) is 5.69 Å². The van der Waals surface area contributed by atoms with Crippen molar-refractivity contribution in [2.75, 3.05) is 25.3 Å². The van der Waals surface area contributed by atoms with Crippen molar-refractivity contribution in [3.05, 3.63) is 17.7 Å². The van der Waals surface area contributed by atoms with E-state index in [1.54, 1.807) is 20.3 Å².